The van der Waals surface area contributed by atoms with E-state index in [4.69, 9.17) is 14.9 Å². The lowest BCUT2D eigenvalue weighted by Crippen LogP contribution is -2.00. The van der Waals surface area contributed by atoms with Crippen LogP contribution in [0.2, 0.25) is 0 Å². The molecule has 0 fully saturated rings. The molecule has 0 spiro atoms. The van der Waals surface area contributed by atoms with Crippen molar-refractivity contribution in [1.82, 2.24) is 15.2 Å². The molecule has 134 valence electrons. The zero-order valence-electron chi connectivity index (χ0n) is 15.0. The minimum absolute atomic E-state index is 0.129. The Labute approximate surface area is 156 Å². The number of para-hydroxylation sites is 1. The molecular formula is C21H18N4O2. The minimum Gasteiger partial charge on any atom is -0.496 e. The Hall–Kier alpha value is -3.67. The second-order valence-corrected chi connectivity index (χ2v) is 6.01. The van der Waals surface area contributed by atoms with Crippen LogP contribution in [0.1, 0.15) is 5.56 Å². The number of methoxy groups -OCH3 is 2. The highest BCUT2D eigenvalue weighted by atomic mass is 16.5. The van der Waals surface area contributed by atoms with Crippen LogP contribution in [-0.4, -0.2) is 35.3 Å². The van der Waals surface area contributed by atoms with Gasteiger partial charge in [-0.3, -0.25) is 10.5 Å². The highest BCUT2D eigenvalue weighted by molar-refractivity contribution is 5.96. The summed E-state index contributed by atoms with van der Waals surface area (Å²) < 4.78 is 10.5. The van der Waals surface area contributed by atoms with Gasteiger partial charge in [0.2, 0.25) is 5.90 Å². The average molecular weight is 358 g/mol. The van der Waals surface area contributed by atoms with E-state index in [2.05, 4.69) is 15.2 Å². The van der Waals surface area contributed by atoms with E-state index < -0.39 is 0 Å². The van der Waals surface area contributed by atoms with E-state index in [9.17, 15) is 0 Å². The largest absolute Gasteiger partial charge is 0.496 e. The van der Waals surface area contributed by atoms with E-state index in [1.54, 1.807) is 13.3 Å². The van der Waals surface area contributed by atoms with E-state index in [0.29, 0.717) is 11.2 Å². The van der Waals surface area contributed by atoms with Gasteiger partial charge in [0.25, 0.3) is 0 Å². The zero-order chi connectivity index (χ0) is 18.8. The number of hydrogen-bond acceptors (Lipinski definition) is 5. The summed E-state index contributed by atoms with van der Waals surface area (Å²) in [5, 5.41) is 16.2. The summed E-state index contributed by atoms with van der Waals surface area (Å²) in [6.07, 6.45) is 1.78. The Morgan fingerprint density at radius 1 is 1.00 bits per heavy atom. The van der Waals surface area contributed by atoms with Gasteiger partial charge in [-0.2, -0.15) is 5.10 Å². The lowest BCUT2D eigenvalue weighted by molar-refractivity contribution is 0.401. The summed E-state index contributed by atoms with van der Waals surface area (Å²) in [6, 6.07) is 17.5. The van der Waals surface area contributed by atoms with Crippen LogP contribution in [0.3, 0.4) is 0 Å². The third-order valence-electron chi connectivity index (χ3n) is 4.45. The molecule has 0 bridgehead atoms. The molecule has 0 saturated carbocycles. The number of pyridine rings is 1. The molecule has 0 saturated heterocycles. The van der Waals surface area contributed by atoms with E-state index in [-0.39, 0.29) is 5.90 Å². The van der Waals surface area contributed by atoms with Crippen LogP contribution in [0.25, 0.3) is 33.4 Å². The van der Waals surface area contributed by atoms with Crippen LogP contribution in [0.4, 0.5) is 0 Å². The fraction of sp³-hybridized carbons (Fsp3) is 0.0952. The van der Waals surface area contributed by atoms with Crippen LogP contribution < -0.4 is 4.74 Å². The predicted molar refractivity (Wildman–Crippen MR) is 105 cm³/mol. The smallest absolute Gasteiger partial charge is 0.212 e. The number of hydrogen-bond donors (Lipinski definition) is 2. The van der Waals surface area contributed by atoms with Gasteiger partial charge in [0.1, 0.15) is 5.75 Å². The summed E-state index contributed by atoms with van der Waals surface area (Å²) in [6.45, 7) is 0. The number of rotatable bonds is 4. The number of aromatic amines is 1. The van der Waals surface area contributed by atoms with Gasteiger partial charge in [-0.05, 0) is 35.9 Å². The van der Waals surface area contributed by atoms with Gasteiger partial charge in [0.05, 0.1) is 19.9 Å². The van der Waals surface area contributed by atoms with Crippen molar-refractivity contribution in [1.29, 1.82) is 5.41 Å². The van der Waals surface area contributed by atoms with Gasteiger partial charge in [-0.15, -0.1) is 0 Å². The lowest BCUT2D eigenvalue weighted by atomic mass is 10.0. The molecule has 0 amide bonds. The molecule has 2 aromatic carbocycles. The summed E-state index contributed by atoms with van der Waals surface area (Å²) in [5.74, 6) is 0.896. The molecule has 0 unspecified atom stereocenters. The summed E-state index contributed by atoms with van der Waals surface area (Å²) >= 11 is 0. The fourth-order valence-corrected chi connectivity index (χ4v) is 3.07. The number of fused-ring (bicyclic) bond motifs is 1. The van der Waals surface area contributed by atoms with Crippen molar-refractivity contribution in [2.75, 3.05) is 14.2 Å². The minimum atomic E-state index is 0.129. The van der Waals surface area contributed by atoms with E-state index in [0.717, 1.165) is 33.5 Å². The van der Waals surface area contributed by atoms with E-state index in [1.165, 1.54) is 7.11 Å². The zero-order valence-corrected chi connectivity index (χ0v) is 15.0. The first-order chi connectivity index (χ1) is 13.2. The van der Waals surface area contributed by atoms with Crippen molar-refractivity contribution in [3.8, 4) is 28.1 Å². The fourth-order valence-electron chi connectivity index (χ4n) is 3.07. The van der Waals surface area contributed by atoms with Gasteiger partial charge < -0.3 is 9.47 Å². The molecule has 0 aliphatic rings. The summed E-state index contributed by atoms with van der Waals surface area (Å²) in [7, 11) is 3.14. The third kappa shape index (κ3) is 3.01. The molecule has 2 N–H and O–H groups in total. The Morgan fingerprint density at radius 3 is 2.67 bits per heavy atom. The van der Waals surface area contributed by atoms with Crippen molar-refractivity contribution in [2.45, 2.75) is 0 Å². The maximum atomic E-state index is 7.87. The number of H-pyrrole nitrogens is 1. The molecule has 0 aliphatic carbocycles. The number of nitrogens with zero attached hydrogens (tertiary/aromatic N) is 2. The molecule has 2 aromatic heterocycles. The van der Waals surface area contributed by atoms with Gasteiger partial charge in [-0.25, -0.2) is 4.98 Å². The van der Waals surface area contributed by atoms with Crippen molar-refractivity contribution in [3.05, 3.63) is 66.4 Å². The first-order valence-electron chi connectivity index (χ1n) is 8.42. The summed E-state index contributed by atoms with van der Waals surface area (Å²) in [4.78, 5) is 4.49. The first-order valence-corrected chi connectivity index (χ1v) is 8.42. The van der Waals surface area contributed by atoms with Crippen LogP contribution >= 0.6 is 0 Å². The standard InChI is InChI=1S/C21H18N4O2/c1-26-18-9-4-3-8-16(18)19-17-11-15(12-23-21(17)25-24-19)13-6-5-7-14(10-13)20(22)27-2/h3-12,22H,1-2H3,(H,23,24,25). The Morgan fingerprint density at radius 2 is 1.85 bits per heavy atom. The second-order valence-electron chi connectivity index (χ2n) is 6.01. The van der Waals surface area contributed by atoms with E-state index in [1.807, 2.05) is 54.6 Å². The number of ether oxygens (including phenoxy) is 2. The van der Waals surface area contributed by atoms with Crippen molar-refractivity contribution >= 4 is 16.9 Å². The first kappa shape index (κ1) is 16.8. The van der Waals surface area contributed by atoms with Gasteiger partial charge >= 0.3 is 0 Å². The summed E-state index contributed by atoms with van der Waals surface area (Å²) in [5.41, 5.74) is 5.03. The maximum absolute atomic E-state index is 7.87. The Balaban J connectivity index is 1.85. The van der Waals surface area contributed by atoms with Crippen LogP contribution in [-0.2, 0) is 4.74 Å². The normalized spacial score (nSPS) is 10.7. The molecule has 27 heavy (non-hydrogen) atoms. The average Bonchev–Trinajstić information content (AvgIpc) is 3.16. The molecule has 4 aromatic rings. The molecule has 0 radical (unpaired) electrons. The lowest BCUT2D eigenvalue weighted by Gasteiger charge is -2.08. The van der Waals surface area contributed by atoms with Crippen LogP contribution in [0, 0.1) is 5.41 Å². The molecule has 0 aliphatic heterocycles. The third-order valence-corrected chi connectivity index (χ3v) is 4.45. The van der Waals surface area contributed by atoms with Gasteiger partial charge in [-0.1, -0.05) is 24.3 Å². The molecule has 2 heterocycles. The quantitative estimate of drug-likeness (QED) is 0.421. The number of nitrogens with one attached hydrogen (secondary N) is 2. The van der Waals surface area contributed by atoms with Crippen LogP contribution in [0.15, 0.2) is 60.8 Å². The van der Waals surface area contributed by atoms with Gasteiger partial charge in [0.15, 0.2) is 5.65 Å². The van der Waals surface area contributed by atoms with Crippen LogP contribution in [0.5, 0.6) is 5.75 Å². The van der Waals surface area contributed by atoms with E-state index >= 15 is 0 Å². The topological polar surface area (TPSA) is 83.9 Å². The molecule has 6 heteroatoms. The predicted octanol–water partition coefficient (Wildman–Crippen LogP) is 4.27. The molecule has 6 nitrogen and oxygen atoms in total. The van der Waals surface area contributed by atoms with Crippen molar-refractivity contribution in [3.63, 3.8) is 0 Å². The highest BCUT2D eigenvalue weighted by Crippen LogP contribution is 2.34. The number of benzene rings is 2. The molecule has 4 rings (SSSR count). The molecular weight excluding hydrogens is 340 g/mol. The SMILES string of the molecule is COC(=N)c1cccc(-c2cnc3n[nH]c(-c4ccccc4OC)c3c2)c1. The Kier molecular flexibility index (Phi) is 4.30. The maximum Gasteiger partial charge on any atom is 0.212 e. The van der Waals surface area contributed by atoms with Crippen molar-refractivity contribution < 1.29 is 9.47 Å². The number of aromatic nitrogens is 3. The monoisotopic (exact) mass is 358 g/mol. The van der Waals surface area contributed by atoms with Crippen molar-refractivity contribution in [2.24, 2.45) is 0 Å². The van der Waals surface area contributed by atoms with Gasteiger partial charge in [0, 0.05) is 28.3 Å². The molecule has 0 atom stereocenters. The second kappa shape index (κ2) is 6.92. The highest BCUT2D eigenvalue weighted by Gasteiger charge is 2.14. The Bertz CT molecular complexity index is 1130.